The summed E-state index contributed by atoms with van der Waals surface area (Å²) < 4.78 is 5.77. The molecule has 1 aliphatic carbocycles. The summed E-state index contributed by atoms with van der Waals surface area (Å²) in [6, 6.07) is 0. The summed E-state index contributed by atoms with van der Waals surface area (Å²) >= 11 is 0. The number of fused-ring (bicyclic) bond motifs is 2. The first-order valence-corrected chi connectivity index (χ1v) is 6.77. The fourth-order valence-corrected chi connectivity index (χ4v) is 3.52. The minimum Gasteiger partial charge on any atom is -0.478 e. The number of hydrogen-bond donors (Lipinski definition) is 3. The van der Waals surface area contributed by atoms with Gasteiger partial charge in [-0.15, -0.1) is 0 Å². The van der Waals surface area contributed by atoms with Crippen LogP contribution >= 0.6 is 0 Å². The van der Waals surface area contributed by atoms with Gasteiger partial charge in [0.1, 0.15) is 11.2 Å². The monoisotopic (exact) mass is 282 g/mol. The quantitative estimate of drug-likeness (QED) is 0.536. The van der Waals surface area contributed by atoms with Crippen LogP contribution in [0.1, 0.15) is 33.6 Å². The SMILES string of the molecule is CC(C=C[C@]1(O)[C@@]2(C)CO[C@]1(C)C[C@H](O)C2)=CC(=O)O. The van der Waals surface area contributed by atoms with Gasteiger partial charge in [0.25, 0.3) is 0 Å². The lowest BCUT2D eigenvalue weighted by molar-refractivity contribution is -0.150. The molecule has 2 bridgehead atoms. The van der Waals surface area contributed by atoms with Crippen LogP contribution in [0, 0.1) is 5.41 Å². The lowest BCUT2D eigenvalue weighted by Gasteiger charge is -2.49. The van der Waals surface area contributed by atoms with Crippen molar-refractivity contribution in [3.63, 3.8) is 0 Å². The van der Waals surface area contributed by atoms with Gasteiger partial charge in [0.15, 0.2) is 0 Å². The van der Waals surface area contributed by atoms with E-state index in [0.717, 1.165) is 6.08 Å². The average Bonchev–Trinajstić information content (AvgIpc) is 2.43. The van der Waals surface area contributed by atoms with Crippen molar-refractivity contribution in [3.05, 3.63) is 23.8 Å². The van der Waals surface area contributed by atoms with E-state index < -0.39 is 28.7 Å². The highest BCUT2D eigenvalue weighted by Crippen LogP contribution is 2.57. The average molecular weight is 282 g/mol. The molecule has 2 fully saturated rings. The number of allylic oxidation sites excluding steroid dienone is 2. The van der Waals surface area contributed by atoms with E-state index in [1.54, 1.807) is 26.0 Å². The molecule has 1 saturated heterocycles. The zero-order valence-electron chi connectivity index (χ0n) is 12.1. The molecular weight excluding hydrogens is 260 g/mol. The van der Waals surface area contributed by atoms with Gasteiger partial charge in [0.05, 0.1) is 12.7 Å². The van der Waals surface area contributed by atoms with Crippen molar-refractivity contribution in [2.75, 3.05) is 6.61 Å². The number of carboxylic acids is 1. The summed E-state index contributed by atoms with van der Waals surface area (Å²) in [5, 5.41) is 29.7. The van der Waals surface area contributed by atoms with E-state index in [1.165, 1.54) is 0 Å². The van der Waals surface area contributed by atoms with Crippen LogP contribution in [0.5, 0.6) is 0 Å². The van der Waals surface area contributed by atoms with Gasteiger partial charge in [-0.25, -0.2) is 4.79 Å². The first kappa shape index (κ1) is 15.2. The summed E-state index contributed by atoms with van der Waals surface area (Å²) in [6.07, 6.45) is 4.66. The standard InChI is InChI=1S/C15H22O5/c1-10(6-12(17)18)4-5-15(19)13(2)7-11(16)8-14(15,3)20-9-13/h4-6,11,16,19H,7-9H2,1-3H3,(H,17,18)/t11-,13-,14-,15+/m1/s1. The molecule has 0 aromatic heterocycles. The van der Waals surface area contributed by atoms with Gasteiger partial charge in [-0.3, -0.25) is 0 Å². The molecule has 1 aliphatic heterocycles. The number of ether oxygens (including phenoxy) is 1. The van der Waals surface area contributed by atoms with Crippen molar-refractivity contribution >= 4 is 5.97 Å². The molecular formula is C15H22O5. The Kier molecular flexibility index (Phi) is 3.57. The Balaban J connectivity index is 2.34. The third-order valence-corrected chi connectivity index (χ3v) is 4.69. The zero-order valence-corrected chi connectivity index (χ0v) is 12.1. The van der Waals surface area contributed by atoms with Crippen molar-refractivity contribution in [1.82, 2.24) is 0 Å². The molecule has 3 N–H and O–H groups in total. The molecule has 0 aromatic carbocycles. The smallest absolute Gasteiger partial charge is 0.328 e. The predicted molar refractivity (Wildman–Crippen MR) is 73.2 cm³/mol. The number of aliphatic carboxylic acids is 1. The van der Waals surface area contributed by atoms with Crippen LogP contribution < -0.4 is 0 Å². The first-order chi connectivity index (χ1) is 9.12. The predicted octanol–water partition coefficient (Wildman–Crippen LogP) is 1.25. The summed E-state index contributed by atoms with van der Waals surface area (Å²) in [5.74, 6) is -1.02. The molecule has 2 rings (SSSR count). The molecule has 0 radical (unpaired) electrons. The first-order valence-electron chi connectivity index (χ1n) is 6.77. The molecule has 0 spiro atoms. The van der Waals surface area contributed by atoms with E-state index in [1.807, 2.05) is 6.92 Å². The lowest BCUT2D eigenvalue weighted by Crippen LogP contribution is -2.60. The second-order valence-electron chi connectivity index (χ2n) is 6.47. The van der Waals surface area contributed by atoms with E-state index in [4.69, 9.17) is 9.84 Å². The molecule has 20 heavy (non-hydrogen) atoms. The van der Waals surface area contributed by atoms with Crippen LogP contribution in [0.15, 0.2) is 23.8 Å². The number of aliphatic hydroxyl groups excluding tert-OH is 1. The van der Waals surface area contributed by atoms with E-state index in [2.05, 4.69) is 0 Å². The fourth-order valence-electron chi connectivity index (χ4n) is 3.52. The van der Waals surface area contributed by atoms with Crippen LogP contribution in [0.4, 0.5) is 0 Å². The summed E-state index contributed by atoms with van der Waals surface area (Å²) in [7, 11) is 0. The van der Waals surface area contributed by atoms with Gasteiger partial charge < -0.3 is 20.1 Å². The van der Waals surface area contributed by atoms with Gasteiger partial charge in [0, 0.05) is 17.9 Å². The topological polar surface area (TPSA) is 87.0 Å². The number of carboxylic acid groups (broad SMARTS) is 1. The molecule has 0 unspecified atom stereocenters. The summed E-state index contributed by atoms with van der Waals surface area (Å²) in [4.78, 5) is 10.6. The number of carbonyl (C=O) groups is 1. The van der Waals surface area contributed by atoms with Gasteiger partial charge >= 0.3 is 5.97 Å². The van der Waals surface area contributed by atoms with Crippen molar-refractivity contribution < 1.29 is 24.9 Å². The number of hydrogen-bond acceptors (Lipinski definition) is 4. The minimum atomic E-state index is -1.22. The normalized spacial score (nSPS) is 45.0. The molecule has 1 heterocycles. The fraction of sp³-hybridized carbons (Fsp3) is 0.667. The van der Waals surface area contributed by atoms with E-state index in [-0.39, 0.29) is 0 Å². The Morgan fingerprint density at radius 2 is 2.00 bits per heavy atom. The van der Waals surface area contributed by atoms with Crippen LogP contribution in [0.25, 0.3) is 0 Å². The Bertz CT molecular complexity index is 461. The molecule has 0 amide bonds. The van der Waals surface area contributed by atoms with Crippen LogP contribution in [-0.4, -0.2) is 45.2 Å². The molecule has 0 aromatic rings. The minimum absolute atomic E-state index is 0.366. The molecule has 5 heteroatoms. The van der Waals surface area contributed by atoms with Gasteiger partial charge in [0.2, 0.25) is 0 Å². The number of aliphatic hydroxyl groups is 2. The molecule has 4 atom stereocenters. The highest BCUT2D eigenvalue weighted by Gasteiger charge is 2.67. The van der Waals surface area contributed by atoms with Crippen molar-refractivity contribution in [2.45, 2.75) is 50.9 Å². The third-order valence-electron chi connectivity index (χ3n) is 4.69. The van der Waals surface area contributed by atoms with Crippen LogP contribution in [0.2, 0.25) is 0 Å². The van der Waals surface area contributed by atoms with E-state index in [0.29, 0.717) is 25.0 Å². The Morgan fingerprint density at radius 1 is 1.35 bits per heavy atom. The maximum Gasteiger partial charge on any atom is 0.328 e. The number of rotatable bonds is 3. The van der Waals surface area contributed by atoms with E-state index >= 15 is 0 Å². The Morgan fingerprint density at radius 3 is 2.55 bits per heavy atom. The molecule has 5 nitrogen and oxygen atoms in total. The van der Waals surface area contributed by atoms with Crippen molar-refractivity contribution in [2.24, 2.45) is 5.41 Å². The highest BCUT2D eigenvalue weighted by atomic mass is 16.5. The van der Waals surface area contributed by atoms with Crippen LogP contribution in [0.3, 0.4) is 0 Å². The van der Waals surface area contributed by atoms with E-state index in [9.17, 15) is 15.0 Å². The van der Waals surface area contributed by atoms with Gasteiger partial charge in [-0.2, -0.15) is 0 Å². The Hall–Kier alpha value is -1.17. The van der Waals surface area contributed by atoms with Gasteiger partial charge in [-0.1, -0.05) is 13.0 Å². The van der Waals surface area contributed by atoms with Crippen molar-refractivity contribution in [3.8, 4) is 0 Å². The zero-order chi connectivity index (χ0) is 15.2. The second kappa shape index (κ2) is 4.69. The summed E-state index contributed by atoms with van der Waals surface area (Å²) in [5.41, 5.74) is -2.09. The third kappa shape index (κ3) is 2.20. The van der Waals surface area contributed by atoms with Gasteiger partial charge in [-0.05, 0) is 31.9 Å². The Labute approximate surface area is 118 Å². The molecule has 1 saturated carbocycles. The molecule has 112 valence electrons. The lowest BCUT2D eigenvalue weighted by atomic mass is 9.59. The highest BCUT2D eigenvalue weighted by molar-refractivity contribution is 5.81. The molecule has 2 aliphatic rings. The maximum atomic E-state index is 11.1. The van der Waals surface area contributed by atoms with Crippen molar-refractivity contribution in [1.29, 1.82) is 0 Å². The second-order valence-corrected chi connectivity index (χ2v) is 6.47. The summed E-state index contributed by atoms with van der Waals surface area (Å²) in [6.45, 7) is 5.73. The maximum absolute atomic E-state index is 11.1. The van der Waals surface area contributed by atoms with Crippen LogP contribution in [-0.2, 0) is 9.53 Å². The largest absolute Gasteiger partial charge is 0.478 e.